The normalized spacial score (nSPS) is 14.7. The Morgan fingerprint density at radius 1 is 1.18 bits per heavy atom. The number of aliphatic carboxylic acids is 1. The van der Waals surface area contributed by atoms with Gasteiger partial charge in [-0.3, -0.25) is 23.7 Å². The summed E-state index contributed by atoms with van der Waals surface area (Å²) in [5.41, 5.74) is 3.09. The summed E-state index contributed by atoms with van der Waals surface area (Å²) in [6, 6.07) is 9.60. The van der Waals surface area contributed by atoms with Crippen molar-refractivity contribution in [3.05, 3.63) is 74.0 Å². The number of hydrogen-bond donors (Lipinski definition) is 1. The van der Waals surface area contributed by atoms with Crippen LogP contribution in [0.3, 0.4) is 0 Å². The molecule has 10 heteroatoms. The molecule has 39 heavy (non-hydrogen) atoms. The lowest BCUT2D eigenvalue weighted by molar-refractivity contribution is -0.137. The van der Waals surface area contributed by atoms with Crippen LogP contribution in [0.4, 0.5) is 0 Å². The van der Waals surface area contributed by atoms with Gasteiger partial charge in [-0.2, -0.15) is 4.98 Å². The van der Waals surface area contributed by atoms with Crippen molar-refractivity contribution in [2.75, 3.05) is 6.54 Å². The van der Waals surface area contributed by atoms with E-state index in [4.69, 9.17) is 27.0 Å². The molecule has 0 saturated carbocycles. The number of ether oxygens (including phenoxy) is 1. The van der Waals surface area contributed by atoms with Crippen LogP contribution in [0, 0.1) is 13.8 Å². The molecule has 1 amide bonds. The van der Waals surface area contributed by atoms with Gasteiger partial charge in [-0.1, -0.05) is 62.4 Å². The number of pyridine rings is 1. The molecule has 0 bridgehead atoms. The summed E-state index contributed by atoms with van der Waals surface area (Å²) in [6.45, 7) is 8.37. The van der Waals surface area contributed by atoms with Crippen molar-refractivity contribution in [2.45, 2.75) is 59.3 Å². The maximum atomic E-state index is 13.7. The summed E-state index contributed by atoms with van der Waals surface area (Å²) >= 11 is 6.59. The standard InChI is InChI=1S/C29H31N3O5S2/c1-17(2)20-12-11-18(3)15-22(20)37-26-21(27(35)31-14-8-9-19(4)25(31)30-26)16-23-28(36)32(29(38)39-23)13-7-5-6-10-24(33)34/h8-9,11-12,14-17H,5-7,10,13H2,1-4H3,(H,33,34)/b23-16+. The summed E-state index contributed by atoms with van der Waals surface area (Å²) in [5, 5.41) is 8.82. The molecule has 8 nitrogen and oxygen atoms in total. The summed E-state index contributed by atoms with van der Waals surface area (Å²) in [7, 11) is 0. The highest BCUT2D eigenvalue weighted by Gasteiger charge is 2.32. The van der Waals surface area contributed by atoms with Crippen LogP contribution in [0.15, 0.2) is 46.2 Å². The van der Waals surface area contributed by atoms with Gasteiger partial charge in [0, 0.05) is 19.2 Å². The van der Waals surface area contributed by atoms with Gasteiger partial charge in [0.1, 0.15) is 21.3 Å². The zero-order chi connectivity index (χ0) is 28.3. The molecule has 204 valence electrons. The predicted octanol–water partition coefficient (Wildman–Crippen LogP) is 6.07. The summed E-state index contributed by atoms with van der Waals surface area (Å²) in [5.74, 6) is -0.210. The van der Waals surface area contributed by atoms with Crippen molar-refractivity contribution in [1.82, 2.24) is 14.3 Å². The molecule has 3 heterocycles. The van der Waals surface area contributed by atoms with Crippen LogP contribution in [-0.2, 0) is 9.59 Å². The lowest BCUT2D eigenvalue weighted by atomic mass is 10.0. The lowest BCUT2D eigenvalue weighted by Gasteiger charge is -2.16. The van der Waals surface area contributed by atoms with Gasteiger partial charge in [-0.15, -0.1) is 0 Å². The number of aromatic nitrogens is 2. The molecule has 0 unspecified atom stereocenters. The van der Waals surface area contributed by atoms with Crippen molar-refractivity contribution < 1.29 is 19.4 Å². The highest BCUT2D eigenvalue weighted by molar-refractivity contribution is 8.26. The van der Waals surface area contributed by atoms with E-state index in [2.05, 4.69) is 13.8 Å². The van der Waals surface area contributed by atoms with Gasteiger partial charge in [0.15, 0.2) is 0 Å². The van der Waals surface area contributed by atoms with Gasteiger partial charge in [-0.25, -0.2) is 0 Å². The Morgan fingerprint density at radius 3 is 2.67 bits per heavy atom. The first-order valence-corrected chi connectivity index (χ1v) is 14.1. The molecular formula is C29H31N3O5S2. The molecule has 3 aromatic rings. The summed E-state index contributed by atoms with van der Waals surface area (Å²) < 4.78 is 8.21. The number of thiocarbonyl (C=S) groups is 1. The molecule has 1 N–H and O–H groups in total. The smallest absolute Gasteiger partial charge is 0.303 e. The molecule has 1 fully saturated rings. The number of unbranched alkanes of at least 4 members (excludes halogenated alkanes) is 2. The Hall–Kier alpha value is -3.50. The van der Waals surface area contributed by atoms with Gasteiger partial charge in [-0.05, 0) is 67.5 Å². The second-order valence-corrected chi connectivity index (χ2v) is 11.5. The number of amides is 1. The molecule has 2 aromatic heterocycles. The topological polar surface area (TPSA) is 101 Å². The molecule has 0 aliphatic carbocycles. The largest absolute Gasteiger partial charge is 0.481 e. The Morgan fingerprint density at radius 2 is 1.95 bits per heavy atom. The van der Waals surface area contributed by atoms with E-state index in [9.17, 15) is 14.4 Å². The van der Waals surface area contributed by atoms with E-state index in [1.807, 2.05) is 38.1 Å². The van der Waals surface area contributed by atoms with Crippen LogP contribution in [0.5, 0.6) is 11.6 Å². The minimum absolute atomic E-state index is 0.0961. The third kappa shape index (κ3) is 6.39. The van der Waals surface area contributed by atoms with Gasteiger partial charge in [0.25, 0.3) is 11.5 Å². The average Bonchev–Trinajstić information content (AvgIpc) is 3.13. The van der Waals surface area contributed by atoms with E-state index < -0.39 is 5.97 Å². The molecule has 0 radical (unpaired) electrons. The fourth-order valence-electron chi connectivity index (χ4n) is 4.35. The molecule has 1 saturated heterocycles. The fourth-order valence-corrected chi connectivity index (χ4v) is 5.64. The number of hydrogen-bond acceptors (Lipinski definition) is 7. The minimum atomic E-state index is -0.835. The number of carbonyl (C=O) groups excluding carboxylic acids is 1. The van der Waals surface area contributed by atoms with Crippen molar-refractivity contribution in [3.63, 3.8) is 0 Å². The number of nitrogens with zero attached hydrogens (tertiary/aromatic N) is 3. The molecule has 1 aromatic carbocycles. The Kier molecular flexibility index (Phi) is 8.87. The number of carbonyl (C=O) groups is 2. The second-order valence-electron chi connectivity index (χ2n) is 9.86. The number of carboxylic acids is 1. The highest BCUT2D eigenvalue weighted by Crippen LogP contribution is 2.36. The van der Waals surface area contributed by atoms with Crippen LogP contribution in [0.1, 0.15) is 67.7 Å². The van der Waals surface area contributed by atoms with Gasteiger partial charge >= 0.3 is 5.97 Å². The van der Waals surface area contributed by atoms with Crippen LogP contribution in [0.2, 0.25) is 0 Å². The van der Waals surface area contributed by atoms with Gasteiger partial charge < -0.3 is 9.84 Å². The predicted molar refractivity (Wildman–Crippen MR) is 158 cm³/mol. The molecule has 0 spiro atoms. The maximum absolute atomic E-state index is 13.7. The van der Waals surface area contributed by atoms with Crippen molar-refractivity contribution in [3.8, 4) is 11.6 Å². The van der Waals surface area contributed by atoms with E-state index in [0.717, 1.165) is 28.5 Å². The van der Waals surface area contributed by atoms with Crippen LogP contribution in [0.25, 0.3) is 11.7 Å². The highest BCUT2D eigenvalue weighted by atomic mass is 32.2. The molecular weight excluding hydrogens is 534 g/mol. The Labute approximate surface area is 236 Å². The fraction of sp³-hybridized carbons (Fsp3) is 0.345. The molecule has 4 rings (SSSR count). The molecule has 0 atom stereocenters. The summed E-state index contributed by atoms with van der Waals surface area (Å²) in [6.07, 6.45) is 5.10. The van der Waals surface area contributed by atoms with Crippen molar-refractivity contribution in [2.24, 2.45) is 0 Å². The summed E-state index contributed by atoms with van der Waals surface area (Å²) in [4.78, 5) is 44.3. The lowest BCUT2D eigenvalue weighted by Crippen LogP contribution is -2.29. The van der Waals surface area contributed by atoms with E-state index >= 15 is 0 Å². The van der Waals surface area contributed by atoms with Crippen molar-refractivity contribution in [1.29, 1.82) is 0 Å². The second kappa shape index (κ2) is 12.1. The van der Waals surface area contributed by atoms with Crippen LogP contribution < -0.4 is 10.3 Å². The average molecular weight is 566 g/mol. The van der Waals surface area contributed by atoms with Crippen molar-refractivity contribution >= 4 is 51.9 Å². The number of benzene rings is 1. The number of carboxylic acid groups (broad SMARTS) is 1. The quantitative estimate of drug-likeness (QED) is 0.180. The number of thioether (sulfide) groups is 1. The first-order valence-electron chi connectivity index (χ1n) is 12.8. The van der Waals surface area contributed by atoms with Crippen LogP contribution >= 0.6 is 24.0 Å². The van der Waals surface area contributed by atoms with E-state index in [1.165, 1.54) is 15.4 Å². The first-order chi connectivity index (χ1) is 18.6. The van der Waals surface area contributed by atoms with Crippen LogP contribution in [-0.4, -0.2) is 42.1 Å². The zero-order valence-electron chi connectivity index (χ0n) is 22.4. The van der Waals surface area contributed by atoms with Gasteiger partial charge in [0.05, 0.1) is 4.91 Å². The first kappa shape index (κ1) is 28.5. The molecule has 1 aliphatic heterocycles. The Bertz CT molecular complexity index is 1540. The van der Waals surface area contributed by atoms with E-state index in [0.29, 0.717) is 46.4 Å². The number of fused-ring (bicyclic) bond motifs is 1. The SMILES string of the molecule is Cc1ccc(C(C)C)c(Oc2nc3c(C)cccn3c(=O)c2/C=C2/SC(=S)N(CCCCCC(=O)O)C2=O)c1. The number of aryl methyl sites for hydroxylation is 2. The van der Waals surface area contributed by atoms with E-state index in [-0.39, 0.29) is 35.2 Å². The minimum Gasteiger partial charge on any atom is -0.481 e. The monoisotopic (exact) mass is 565 g/mol. The Balaban J connectivity index is 1.73. The third-order valence-electron chi connectivity index (χ3n) is 6.47. The zero-order valence-corrected chi connectivity index (χ0v) is 24.0. The maximum Gasteiger partial charge on any atom is 0.303 e. The third-order valence-corrected chi connectivity index (χ3v) is 7.85. The van der Waals surface area contributed by atoms with Gasteiger partial charge in [0.2, 0.25) is 5.88 Å². The van der Waals surface area contributed by atoms with E-state index in [1.54, 1.807) is 12.3 Å². The molecule has 1 aliphatic rings. The number of rotatable bonds is 10.